The molecule has 0 saturated heterocycles. The molecule has 0 aliphatic carbocycles. The summed E-state index contributed by atoms with van der Waals surface area (Å²) in [4.78, 5) is 29.4. The van der Waals surface area contributed by atoms with E-state index in [1.807, 2.05) is 0 Å². The van der Waals surface area contributed by atoms with Crippen LogP contribution in [0, 0.1) is 0 Å². The third-order valence-electron chi connectivity index (χ3n) is 4.87. The van der Waals surface area contributed by atoms with Gasteiger partial charge in [-0.05, 0) is 32.0 Å². The normalized spacial score (nSPS) is 12.8. The number of rotatable bonds is 11. The Morgan fingerprint density at radius 2 is 1.89 bits per heavy atom. The average molecular weight is 524 g/mol. The highest BCUT2D eigenvalue weighted by molar-refractivity contribution is 7.90. The Balaban J connectivity index is 1.65. The summed E-state index contributed by atoms with van der Waals surface area (Å²) in [6.45, 7) is -0.415. The first-order chi connectivity index (χ1) is 16.9. The molecule has 0 fully saturated rings. The number of carbonyl (C=O) groups is 2. The van der Waals surface area contributed by atoms with Crippen molar-refractivity contribution in [2.24, 2.45) is 5.73 Å². The summed E-state index contributed by atoms with van der Waals surface area (Å²) in [6, 6.07) is 7.13. The maximum Gasteiger partial charge on any atom is 0.387 e. The molecule has 0 aliphatic rings. The summed E-state index contributed by atoms with van der Waals surface area (Å²) in [5, 5.41) is 9.89. The van der Waals surface area contributed by atoms with Gasteiger partial charge in [0, 0.05) is 18.0 Å². The van der Waals surface area contributed by atoms with Gasteiger partial charge in [0.15, 0.2) is 9.84 Å². The van der Waals surface area contributed by atoms with Crippen molar-refractivity contribution in [1.82, 2.24) is 20.5 Å². The monoisotopic (exact) mass is 523 g/mol. The Kier molecular flexibility index (Phi) is 8.10. The number of alkyl halides is 2. The second kappa shape index (κ2) is 10.9. The molecule has 0 aliphatic heterocycles. The first-order valence-corrected chi connectivity index (χ1v) is 12.3. The molecule has 0 spiro atoms. The summed E-state index contributed by atoms with van der Waals surface area (Å²) in [6.07, 6.45) is 3.01. The van der Waals surface area contributed by atoms with Crippen molar-refractivity contribution >= 4 is 21.5 Å². The molecule has 3 rings (SSSR count). The van der Waals surface area contributed by atoms with Crippen LogP contribution in [0.15, 0.2) is 53.2 Å². The van der Waals surface area contributed by atoms with E-state index in [-0.39, 0.29) is 23.1 Å². The largest absolute Gasteiger partial charge is 0.435 e. The summed E-state index contributed by atoms with van der Waals surface area (Å²) in [5.41, 5.74) is 4.69. The number of para-hydroxylation sites is 1. The molecule has 2 heterocycles. The van der Waals surface area contributed by atoms with E-state index in [9.17, 15) is 26.8 Å². The molecule has 11 nitrogen and oxygen atoms in total. The van der Waals surface area contributed by atoms with Crippen molar-refractivity contribution in [3.63, 3.8) is 0 Å². The Hall–Kier alpha value is -3.78. The van der Waals surface area contributed by atoms with E-state index in [0.717, 1.165) is 0 Å². The van der Waals surface area contributed by atoms with Crippen molar-refractivity contribution in [3.8, 4) is 17.2 Å². The van der Waals surface area contributed by atoms with Gasteiger partial charge in [-0.1, -0.05) is 18.2 Å². The van der Waals surface area contributed by atoms with E-state index in [4.69, 9.17) is 10.2 Å². The lowest BCUT2D eigenvalue weighted by Crippen LogP contribution is -2.56. The number of pyridine rings is 1. The molecule has 2 aromatic heterocycles. The standard InChI is InChI=1S/C22H23F2N5O6S/c1-22(2,17(30)20-29-28-19(35-20)13-7-5-9-26-10-13)27-18(31)15(25)12-36(32,33)11-14-6-3-4-8-16(14)34-21(23)24/h3-10,15,21H,11-12,25H2,1-2H3,(H,27,31). The van der Waals surface area contributed by atoms with Crippen molar-refractivity contribution in [3.05, 3.63) is 60.2 Å². The fraction of sp³-hybridized carbons (Fsp3) is 0.318. The van der Waals surface area contributed by atoms with Crippen LogP contribution in [0.1, 0.15) is 30.1 Å². The SMILES string of the molecule is CC(C)(NC(=O)C(N)CS(=O)(=O)Cc1ccccc1OC(F)F)C(=O)c1nnc(-c2cccnc2)o1. The zero-order chi connectivity index (χ0) is 26.5. The van der Waals surface area contributed by atoms with Gasteiger partial charge in [-0.25, -0.2) is 8.42 Å². The van der Waals surface area contributed by atoms with Crippen molar-refractivity contribution in [2.45, 2.75) is 37.8 Å². The number of hydrogen-bond acceptors (Lipinski definition) is 10. The fourth-order valence-electron chi connectivity index (χ4n) is 3.12. The lowest BCUT2D eigenvalue weighted by atomic mass is 9.98. The maximum atomic E-state index is 12.9. The topological polar surface area (TPSA) is 167 Å². The highest BCUT2D eigenvalue weighted by Gasteiger charge is 2.36. The molecule has 3 aromatic rings. The van der Waals surface area contributed by atoms with Crippen LogP contribution < -0.4 is 15.8 Å². The van der Waals surface area contributed by atoms with Crippen LogP contribution in [0.2, 0.25) is 0 Å². The number of benzene rings is 1. The van der Waals surface area contributed by atoms with Crippen LogP contribution in [-0.2, 0) is 20.4 Å². The van der Waals surface area contributed by atoms with Gasteiger partial charge in [-0.2, -0.15) is 8.78 Å². The molecule has 0 saturated carbocycles. The van der Waals surface area contributed by atoms with Crippen LogP contribution in [0.4, 0.5) is 8.78 Å². The van der Waals surface area contributed by atoms with E-state index in [1.54, 1.807) is 18.3 Å². The van der Waals surface area contributed by atoms with Gasteiger partial charge in [0.1, 0.15) is 11.3 Å². The maximum absolute atomic E-state index is 12.9. The minimum absolute atomic E-state index is 0.0123. The highest BCUT2D eigenvalue weighted by Crippen LogP contribution is 2.23. The molecule has 0 radical (unpaired) electrons. The number of sulfone groups is 1. The molecule has 192 valence electrons. The Morgan fingerprint density at radius 1 is 1.17 bits per heavy atom. The molecule has 3 N–H and O–H groups in total. The lowest BCUT2D eigenvalue weighted by Gasteiger charge is -2.25. The van der Waals surface area contributed by atoms with Gasteiger partial charge in [0.05, 0.1) is 23.1 Å². The number of Topliss-reactive ketones (excluding diaryl/α,β-unsaturated/α-hetero) is 1. The third kappa shape index (κ3) is 6.88. The summed E-state index contributed by atoms with van der Waals surface area (Å²) in [5.74, 6) is -3.78. The highest BCUT2D eigenvalue weighted by atomic mass is 32.2. The number of ketones is 1. The molecule has 36 heavy (non-hydrogen) atoms. The molecule has 1 atom stereocenters. The van der Waals surface area contributed by atoms with Gasteiger partial charge in [-0.15, -0.1) is 10.2 Å². The average Bonchev–Trinajstić information content (AvgIpc) is 3.29. The van der Waals surface area contributed by atoms with Gasteiger partial charge in [0.2, 0.25) is 17.6 Å². The predicted molar refractivity (Wildman–Crippen MR) is 123 cm³/mol. The fourth-order valence-corrected chi connectivity index (χ4v) is 4.65. The molecular weight excluding hydrogens is 500 g/mol. The van der Waals surface area contributed by atoms with Gasteiger partial charge >= 0.3 is 6.61 Å². The third-order valence-corrected chi connectivity index (χ3v) is 6.48. The predicted octanol–water partition coefficient (Wildman–Crippen LogP) is 1.75. The Bertz CT molecular complexity index is 1330. The summed E-state index contributed by atoms with van der Waals surface area (Å²) >= 11 is 0. The van der Waals surface area contributed by atoms with E-state index < -0.39 is 51.2 Å². The Labute approximate surface area is 205 Å². The quantitative estimate of drug-likeness (QED) is 0.353. The molecule has 0 bridgehead atoms. The van der Waals surface area contributed by atoms with Crippen LogP contribution >= 0.6 is 0 Å². The van der Waals surface area contributed by atoms with Crippen LogP contribution in [0.5, 0.6) is 5.75 Å². The minimum atomic E-state index is -4.03. The van der Waals surface area contributed by atoms with Crippen LogP contribution in [-0.4, -0.2) is 59.2 Å². The van der Waals surface area contributed by atoms with E-state index in [0.29, 0.717) is 5.56 Å². The van der Waals surface area contributed by atoms with Gasteiger partial charge < -0.3 is 20.2 Å². The Morgan fingerprint density at radius 3 is 2.56 bits per heavy atom. The molecule has 14 heteroatoms. The van der Waals surface area contributed by atoms with Crippen LogP contribution in [0.25, 0.3) is 11.5 Å². The first kappa shape index (κ1) is 26.8. The molecular formula is C22H23F2N5O6S. The van der Waals surface area contributed by atoms with E-state index in [2.05, 4.69) is 25.2 Å². The second-order valence-electron chi connectivity index (χ2n) is 8.24. The number of aromatic nitrogens is 3. The lowest BCUT2D eigenvalue weighted by molar-refractivity contribution is -0.123. The minimum Gasteiger partial charge on any atom is -0.435 e. The second-order valence-corrected chi connectivity index (χ2v) is 10.4. The number of carbonyl (C=O) groups excluding carboxylic acids is 2. The first-order valence-electron chi connectivity index (χ1n) is 10.5. The van der Waals surface area contributed by atoms with Gasteiger partial charge in [0.25, 0.3) is 5.89 Å². The van der Waals surface area contributed by atoms with Crippen molar-refractivity contribution in [2.75, 3.05) is 5.75 Å². The van der Waals surface area contributed by atoms with E-state index >= 15 is 0 Å². The number of amides is 1. The summed E-state index contributed by atoms with van der Waals surface area (Å²) in [7, 11) is -4.03. The van der Waals surface area contributed by atoms with Crippen LogP contribution in [0.3, 0.4) is 0 Å². The molecule has 1 unspecified atom stereocenters. The number of ether oxygens (including phenoxy) is 1. The van der Waals surface area contributed by atoms with Crippen molar-refractivity contribution in [1.29, 1.82) is 0 Å². The zero-order valence-corrected chi connectivity index (χ0v) is 20.0. The summed E-state index contributed by atoms with van der Waals surface area (Å²) < 4.78 is 60.1. The van der Waals surface area contributed by atoms with E-state index in [1.165, 1.54) is 44.3 Å². The number of nitrogens with one attached hydrogen (secondary N) is 1. The number of halogens is 2. The smallest absolute Gasteiger partial charge is 0.387 e. The number of nitrogens with two attached hydrogens (primary N) is 1. The number of hydrogen-bond donors (Lipinski definition) is 2. The number of nitrogens with zero attached hydrogens (tertiary/aromatic N) is 3. The zero-order valence-electron chi connectivity index (χ0n) is 19.2. The van der Waals surface area contributed by atoms with Crippen molar-refractivity contribution < 1.29 is 35.9 Å². The molecule has 1 amide bonds. The molecule has 1 aromatic carbocycles. The van der Waals surface area contributed by atoms with Gasteiger partial charge in [-0.3, -0.25) is 14.6 Å².